The second kappa shape index (κ2) is 8.12. The van der Waals surface area contributed by atoms with Crippen LogP contribution in [0.15, 0.2) is 97.3 Å². The summed E-state index contributed by atoms with van der Waals surface area (Å²) in [5.41, 5.74) is 5.13. The number of fused-ring (bicyclic) bond motifs is 1. The summed E-state index contributed by atoms with van der Waals surface area (Å²) in [6.45, 7) is 0. The van der Waals surface area contributed by atoms with Crippen molar-refractivity contribution in [3.8, 4) is 11.1 Å². The summed E-state index contributed by atoms with van der Waals surface area (Å²) in [4.78, 5) is 17.3. The van der Waals surface area contributed by atoms with Crippen LogP contribution < -0.4 is 10.6 Å². The molecule has 2 aromatic heterocycles. The van der Waals surface area contributed by atoms with Crippen molar-refractivity contribution in [1.82, 2.24) is 15.2 Å². The minimum atomic E-state index is -0.231. The van der Waals surface area contributed by atoms with E-state index in [-0.39, 0.29) is 5.91 Å². The maximum absolute atomic E-state index is 12.9. The monoisotopic (exact) mass is 405 g/mol. The Labute approximate surface area is 179 Å². The van der Waals surface area contributed by atoms with Gasteiger partial charge in [-0.3, -0.25) is 9.89 Å². The number of carbonyl (C=O) groups excluding carboxylic acids is 1. The molecule has 5 aromatic rings. The van der Waals surface area contributed by atoms with Gasteiger partial charge in [0.1, 0.15) is 5.82 Å². The number of carbonyl (C=O) groups is 1. The Hall–Kier alpha value is -4.45. The van der Waals surface area contributed by atoms with E-state index in [9.17, 15) is 4.79 Å². The van der Waals surface area contributed by atoms with Gasteiger partial charge in [-0.05, 0) is 53.6 Å². The number of anilines is 3. The van der Waals surface area contributed by atoms with Gasteiger partial charge in [0.05, 0.1) is 17.3 Å². The highest BCUT2D eigenvalue weighted by Gasteiger charge is 2.13. The number of pyridine rings is 1. The van der Waals surface area contributed by atoms with E-state index in [2.05, 4.69) is 37.9 Å². The normalized spacial score (nSPS) is 10.7. The van der Waals surface area contributed by atoms with Crippen LogP contribution in [0.1, 0.15) is 10.4 Å². The lowest BCUT2D eigenvalue weighted by Gasteiger charge is -2.12. The smallest absolute Gasteiger partial charge is 0.259 e. The summed E-state index contributed by atoms with van der Waals surface area (Å²) >= 11 is 0. The van der Waals surface area contributed by atoms with E-state index >= 15 is 0 Å². The van der Waals surface area contributed by atoms with E-state index in [4.69, 9.17) is 0 Å². The molecule has 1 amide bonds. The summed E-state index contributed by atoms with van der Waals surface area (Å²) in [5, 5.41) is 14.2. The third kappa shape index (κ3) is 4.00. The maximum Gasteiger partial charge on any atom is 0.259 e. The van der Waals surface area contributed by atoms with Crippen LogP contribution in [0.2, 0.25) is 0 Å². The highest BCUT2D eigenvalue weighted by molar-refractivity contribution is 6.08. The highest BCUT2D eigenvalue weighted by Crippen LogP contribution is 2.24. The van der Waals surface area contributed by atoms with Crippen molar-refractivity contribution in [3.63, 3.8) is 0 Å². The van der Waals surface area contributed by atoms with Crippen LogP contribution in [0.5, 0.6) is 0 Å². The molecule has 31 heavy (non-hydrogen) atoms. The van der Waals surface area contributed by atoms with Crippen molar-refractivity contribution in [3.05, 3.63) is 103 Å². The number of rotatable bonds is 5. The molecule has 0 atom stereocenters. The first-order valence-electron chi connectivity index (χ1n) is 9.88. The fraction of sp³-hybridized carbons (Fsp3) is 0. The summed E-state index contributed by atoms with van der Waals surface area (Å²) in [7, 11) is 0. The van der Waals surface area contributed by atoms with E-state index in [0.717, 1.165) is 33.4 Å². The first kappa shape index (κ1) is 18.6. The minimum Gasteiger partial charge on any atom is -0.340 e. The average Bonchev–Trinajstić information content (AvgIpc) is 3.28. The minimum absolute atomic E-state index is 0.231. The lowest BCUT2D eigenvalue weighted by molar-refractivity contribution is 0.102. The average molecular weight is 405 g/mol. The second-order valence-corrected chi connectivity index (χ2v) is 7.09. The molecule has 0 spiro atoms. The molecule has 3 aromatic carbocycles. The Bertz CT molecular complexity index is 1340. The van der Waals surface area contributed by atoms with Gasteiger partial charge in [-0.1, -0.05) is 42.5 Å². The van der Waals surface area contributed by atoms with Crippen LogP contribution >= 0.6 is 0 Å². The first-order chi connectivity index (χ1) is 15.3. The molecule has 0 saturated heterocycles. The fourth-order valence-electron chi connectivity index (χ4n) is 3.41. The standard InChI is InChI=1S/C25H19N5O/c31-25(29-20-11-8-18(9-12-20)17-5-2-1-3-6-17)22-7-4-14-26-24(22)28-21-13-10-19-16-27-30-23(19)15-21/h1-16H,(H,26,28)(H,27,30)(H,29,31). The van der Waals surface area contributed by atoms with Gasteiger partial charge in [0, 0.05) is 23.0 Å². The number of aromatic amines is 1. The van der Waals surface area contributed by atoms with Crippen molar-refractivity contribution >= 4 is 34.0 Å². The molecule has 0 unspecified atom stereocenters. The summed E-state index contributed by atoms with van der Waals surface area (Å²) < 4.78 is 0. The highest BCUT2D eigenvalue weighted by atomic mass is 16.1. The van der Waals surface area contributed by atoms with Gasteiger partial charge < -0.3 is 10.6 Å². The predicted octanol–water partition coefficient (Wildman–Crippen LogP) is 5.62. The molecular weight excluding hydrogens is 386 g/mol. The molecule has 150 valence electrons. The number of aromatic nitrogens is 3. The van der Waals surface area contributed by atoms with Gasteiger partial charge in [-0.25, -0.2) is 4.98 Å². The van der Waals surface area contributed by atoms with Crippen LogP contribution in [0.3, 0.4) is 0 Å². The van der Waals surface area contributed by atoms with E-state index in [1.807, 2.05) is 60.7 Å². The van der Waals surface area contributed by atoms with Crippen molar-refractivity contribution in [1.29, 1.82) is 0 Å². The second-order valence-electron chi connectivity index (χ2n) is 7.09. The van der Waals surface area contributed by atoms with E-state index in [0.29, 0.717) is 11.4 Å². The summed E-state index contributed by atoms with van der Waals surface area (Å²) in [5.74, 6) is 0.255. The molecule has 0 saturated carbocycles. The molecular formula is C25H19N5O. The molecule has 3 N–H and O–H groups in total. The molecule has 0 fully saturated rings. The Balaban J connectivity index is 1.35. The molecule has 0 radical (unpaired) electrons. The fourth-order valence-corrected chi connectivity index (χ4v) is 3.41. The zero-order valence-corrected chi connectivity index (χ0v) is 16.5. The molecule has 6 heteroatoms. The van der Waals surface area contributed by atoms with Crippen molar-refractivity contribution in [2.24, 2.45) is 0 Å². The third-order valence-electron chi connectivity index (χ3n) is 5.01. The maximum atomic E-state index is 12.9. The number of hydrogen-bond donors (Lipinski definition) is 3. The number of benzene rings is 3. The van der Waals surface area contributed by atoms with Gasteiger partial charge in [-0.2, -0.15) is 5.10 Å². The lowest BCUT2D eigenvalue weighted by Crippen LogP contribution is -2.14. The zero-order valence-electron chi connectivity index (χ0n) is 16.5. The topological polar surface area (TPSA) is 82.7 Å². The van der Waals surface area contributed by atoms with Crippen LogP contribution in [0.4, 0.5) is 17.2 Å². The van der Waals surface area contributed by atoms with E-state index in [1.54, 1.807) is 24.5 Å². The predicted molar refractivity (Wildman–Crippen MR) is 123 cm³/mol. The quantitative estimate of drug-likeness (QED) is 0.354. The molecule has 5 rings (SSSR count). The number of H-pyrrole nitrogens is 1. The summed E-state index contributed by atoms with van der Waals surface area (Å²) in [6.07, 6.45) is 3.42. The summed E-state index contributed by atoms with van der Waals surface area (Å²) in [6, 6.07) is 27.2. The van der Waals surface area contributed by atoms with Crippen LogP contribution in [-0.4, -0.2) is 21.1 Å². The lowest BCUT2D eigenvalue weighted by atomic mass is 10.1. The van der Waals surface area contributed by atoms with Crippen LogP contribution in [-0.2, 0) is 0 Å². The number of hydrogen-bond acceptors (Lipinski definition) is 4. The van der Waals surface area contributed by atoms with Gasteiger partial charge in [-0.15, -0.1) is 0 Å². The Morgan fingerprint density at radius 1 is 0.806 bits per heavy atom. The van der Waals surface area contributed by atoms with Crippen molar-refractivity contribution in [2.75, 3.05) is 10.6 Å². The van der Waals surface area contributed by atoms with Gasteiger partial charge in [0.15, 0.2) is 0 Å². The van der Waals surface area contributed by atoms with Gasteiger partial charge in [0.2, 0.25) is 0 Å². The Morgan fingerprint density at radius 3 is 2.42 bits per heavy atom. The molecule has 0 aliphatic heterocycles. The first-order valence-corrected chi connectivity index (χ1v) is 9.88. The van der Waals surface area contributed by atoms with Crippen LogP contribution in [0, 0.1) is 0 Å². The largest absolute Gasteiger partial charge is 0.340 e. The van der Waals surface area contributed by atoms with E-state index in [1.165, 1.54) is 0 Å². The molecule has 0 bridgehead atoms. The van der Waals surface area contributed by atoms with E-state index < -0.39 is 0 Å². The van der Waals surface area contributed by atoms with Crippen LogP contribution in [0.25, 0.3) is 22.0 Å². The zero-order chi connectivity index (χ0) is 21.0. The number of nitrogens with zero attached hydrogens (tertiary/aromatic N) is 2. The van der Waals surface area contributed by atoms with Crippen molar-refractivity contribution < 1.29 is 4.79 Å². The van der Waals surface area contributed by atoms with Gasteiger partial charge >= 0.3 is 0 Å². The molecule has 0 aliphatic rings. The molecule has 0 aliphatic carbocycles. The Kier molecular flexibility index (Phi) is 4.86. The number of amides is 1. The molecule has 2 heterocycles. The molecule has 6 nitrogen and oxygen atoms in total. The Morgan fingerprint density at radius 2 is 1.58 bits per heavy atom. The third-order valence-corrected chi connectivity index (χ3v) is 5.01. The van der Waals surface area contributed by atoms with Crippen molar-refractivity contribution in [2.45, 2.75) is 0 Å². The number of nitrogens with one attached hydrogen (secondary N) is 3. The SMILES string of the molecule is O=C(Nc1ccc(-c2ccccc2)cc1)c1cccnc1Nc1ccc2cn[nH]c2c1. The van der Waals surface area contributed by atoms with Gasteiger partial charge in [0.25, 0.3) is 5.91 Å².